The maximum Gasteiger partial charge on any atom is 0.242 e. The molecular weight excluding hydrogens is 425 g/mol. The summed E-state index contributed by atoms with van der Waals surface area (Å²) in [5.74, 6) is 1.35. The fraction of sp³-hybridized carbons (Fsp3) is 0.696. The third-order valence-corrected chi connectivity index (χ3v) is 6.71. The number of Topliss-reactive ketones (excluding diaryl/α,β-unsaturated/α-hetero) is 1. The van der Waals surface area contributed by atoms with Gasteiger partial charge in [0.2, 0.25) is 16.6 Å². The van der Waals surface area contributed by atoms with Crippen molar-refractivity contribution in [3.8, 4) is 0 Å². The molecule has 0 bridgehead atoms. The summed E-state index contributed by atoms with van der Waals surface area (Å²) in [5, 5.41) is 0. The number of hydrogen-bond donors (Lipinski definition) is 0. The van der Waals surface area contributed by atoms with E-state index in [0.29, 0.717) is 17.8 Å². The van der Waals surface area contributed by atoms with Gasteiger partial charge in [-0.3, -0.25) is 4.79 Å². The molecule has 172 valence electrons. The van der Waals surface area contributed by atoms with Gasteiger partial charge in [-0.1, -0.05) is 25.5 Å². The standard InChI is InChI=1S/C23H44O4Si3/c1-16(2)14-15-18-21(25-28(5,6)7)19(20(24)17(3)4)23(27-30(11,12)13)22(18)26-29(8,9)10/h14,17,22H,15H2,1-13H3. The first-order valence-electron chi connectivity index (χ1n) is 11.0. The fourth-order valence-electron chi connectivity index (χ4n) is 3.05. The highest BCUT2D eigenvalue weighted by molar-refractivity contribution is 6.71. The van der Waals surface area contributed by atoms with Crippen molar-refractivity contribution in [3.05, 3.63) is 34.3 Å². The number of ketones is 1. The molecule has 30 heavy (non-hydrogen) atoms. The van der Waals surface area contributed by atoms with Crippen LogP contribution in [0.25, 0.3) is 0 Å². The Balaban J connectivity index is 3.84. The number of hydrogen-bond acceptors (Lipinski definition) is 4. The van der Waals surface area contributed by atoms with Crippen LogP contribution in [-0.4, -0.2) is 36.8 Å². The lowest BCUT2D eigenvalue weighted by Crippen LogP contribution is -2.37. The van der Waals surface area contributed by atoms with E-state index in [2.05, 4.69) is 78.8 Å². The van der Waals surface area contributed by atoms with E-state index in [1.807, 2.05) is 13.8 Å². The number of carbonyl (C=O) groups excluding carboxylic acids is 1. The Kier molecular flexibility index (Phi) is 8.78. The van der Waals surface area contributed by atoms with Gasteiger partial charge in [0, 0.05) is 11.5 Å². The fourth-order valence-corrected chi connectivity index (χ4v) is 5.72. The van der Waals surface area contributed by atoms with Crippen LogP contribution in [-0.2, 0) is 18.1 Å². The molecule has 0 saturated heterocycles. The SMILES string of the molecule is CC(C)=CCC1=C(O[Si](C)(C)C)C(C(=O)C(C)C)=C(O[Si](C)(C)C)C1O[Si](C)(C)C. The van der Waals surface area contributed by atoms with Gasteiger partial charge in [0.1, 0.15) is 17.6 Å². The molecule has 0 aromatic carbocycles. The molecule has 1 aliphatic carbocycles. The van der Waals surface area contributed by atoms with Crippen molar-refractivity contribution in [3.63, 3.8) is 0 Å². The predicted molar refractivity (Wildman–Crippen MR) is 135 cm³/mol. The van der Waals surface area contributed by atoms with Crippen LogP contribution in [0.4, 0.5) is 0 Å². The molecule has 0 aliphatic heterocycles. The van der Waals surface area contributed by atoms with Gasteiger partial charge in [-0.25, -0.2) is 0 Å². The Bertz CT molecular complexity index is 738. The molecule has 0 N–H and O–H groups in total. The van der Waals surface area contributed by atoms with Crippen molar-refractivity contribution < 1.29 is 18.1 Å². The number of rotatable bonds is 10. The van der Waals surface area contributed by atoms with Crippen molar-refractivity contribution in [1.82, 2.24) is 0 Å². The highest BCUT2D eigenvalue weighted by Crippen LogP contribution is 2.43. The van der Waals surface area contributed by atoms with Crippen molar-refractivity contribution in [2.24, 2.45) is 5.92 Å². The summed E-state index contributed by atoms with van der Waals surface area (Å²) >= 11 is 0. The van der Waals surface area contributed by atoms with E-state index >= 15 is 0 Å². The molecule has 0 fully saturated rings. The van der Waals surface area contributed by atoms with E-state index in [1.165, 1.54) is 5.57 Å². The van der Waals surface area contributed by atoms with Crippen LogP contribution in [0, 0.1) is 5.92 Å². The van der Waals surface area contributed by atoms with Crippen molar-refractivity contribution in [2.75, 3.05) is 0 Å². The summed E-state index contributed by atoms with van der Waals surface area (Å²) in [6.45, 7) is 27.5. The second kappa shape index (κ2) is 9.71. The second-order valence-electron chi connectivity index (χ2n) is 11.6. The highest BCUT2D eigenvalue weighted by Gasteiger charge is 2.44. The highest BCUT2D eigenvalue weighted by atomic mass is 28.4. The zero-order chi connectivity index (χ0) is 23.7. The minimum atomic E-state index is -1.99. The van der Waals surface area contributed by atoms with Gasteiger partial charge in [0.15, 0.2) is 14.1 Å². The van der Waals surface area contributed by atoms with Crippen molar-refractivity contribution >= 4 is 30.7 Å². The summed E-state index contributed by atoms with van der Waals surface area (Å²) in [6, 6.07) is 0. The zero-order valence-corrected chi connectivity index (χ0v) is 24.6. The van der Waals surface area contributed by atoms with Crippen LogP contribution in [0.3, 0.4) is 0 Å². The lowest BCUT2D eigenvalue weighted by atomic mass is 10.00. The maximum atomic E-state index is 13.5. The van der Waals surface area contributed by atoms with Gasteiger partial charge < -0.3 is 13.3 Å². The van der Waals surface area contributed by atoms with E-state index in [4.69, 9.17) is 13.3 Å². The molecule has 1 rings (SSSR count). The monoisotopic (exact) mass is 468 g/mol. The Labute approximate surface area is 188 Å². The van der Waals surface area contributed by atoms with E-state index < -0.39 is 25.0 Å². The molecule has 1 aliphatic rings. The van der Waals surface area contributed by atoms with Gasteiger partial charge in [-0.15, -0.1) is 0 Å². The summed E-state index contributed by atoms with van der Waals surface area (Å²) in [5.41, 5.74) is 2.89. The lowest BCUT2D eigenvalue weighted by Gasteiger charge is -2.31. The smallest absolute Gasteiger partial charge is 0.242 e. The lowest BCUT2D eigenvalue weighted by molar-refractivity contribution is -0.118. The Morgan fingerprint density at radius 3 is 1.77 bits per heavy atom. The molecule has 0 amide bonds. The Hall–Kier alpha value is -0.899. The molecule has 7 heteroatoms. The van der Waals surface area contributed by atoms with Crippen molar-refractivity contribution in [1.29, 1.82) is 0 Å². The number of carbonyl (C=O) groups is 1. The van der Waals surface area contributed by atoms with E-state index in [-0.39, 0.29) is 17.8 Å². The van der Waals surface area contributed by atoms with Crippen LogP contribution in [0.2, 0.25) is 58.9 Å². The minimum Gasteiger partial charge on any atom is -0.545 e. The van der Waals surface area contributed by atoms with Crippen LogP contribution in [0.15, 0.2) is 34.3 Å². The van der Waals surface area contributed by atoms with E-state index in [1.54, 1.807) is 0 Å². The van der Waals surface area contributed by atoms with Gasteiger partial charge in [-0.2, -0.15) is 0 Å². The first-order chi connectivity index (χ1) is 13.3. The predicted octanol–water partition coefficient (Wildman–Crippen LogP) is 7.01. The minimum absolute atomic E-state index is 0.0767. The molecule has 0 aromatic heterocycles. The van der Waals surface area contributed by atoms with Gasteiger partial charge in [0.05, 0.1) is 5.57 Å². The summed E-state index contributed by atoms with van der Waals surface area (Å²) < 4.78 is 19.9. The quantitative estimate of drug-likeness (QED) is 0.255. The summed E-state index contributed by atoms with van der Waals surface area (Å²) in [7, 11) is -5.88. The molecule has 1 atom stereocenters. The van der Waals surface area contributed by atoms with Gasteiger partial charge in [-0.05, 0) is 79.2 Å². The summed E-state index contributed by atoms with van der Waals surface area (Å²) in [4.78, 5) is 13.5. The van der Waals surface area contributed by atoms with Crippen LogP contribution >= 0.6 is 0 Å². The number of allylic oxidation sites excluding steroid dienone is 3. The van der Waals surface area contributed by atoms with Gasteiger partial charge >= 0.3 is 0 Å². The van der Waals surface area contributed by atoms with Crippen LogP contribution < -0.4 is 0 Å². The van der Waals surface area contributed by atoms with Crippen LogP contribution in [0.1, 0.15) is 34.1 Å². The maximum absolute atomic E-state index is 13.5. The first-order valence-corrected chi connectivity index (χ1v) is 21.3. The first kappa shape index (κ1) is 27.1. The molecule has 0 aromatic rings. The molecule has 1 unspecified atom stereocenters. The molecular formula is C23H44O4Si3. The second-order valence-corrected chi connectivity index (χ2v) is 25.0. The van der Waals surface area contributed by atoms with Gasteiger partial charge in [0.25, 0.3) is 0 Å². The molecule has 0 heterocycles. The third-order valence-electron chi connectivity index (χ3n) is 4.12. The largest absolute Gasteiger partial charge is 0.545 e. The van der Waals surface area contributed by atoms with E-state index in [0.717, 1.165) is 11.3 Å². The molecule has 0 radical (unpaired) electrons. The molecule has 0 saturated carbocycles. The normalized spacial score (nSPS) is 18.3. The summed E-state index contributed by atoms with van der Waals surface area (Å²) in [6.07, 6.45) is 2.55. The van der Waals surface area contributed by atoms with Crippen molar-refractivity contribution in [2.45, 2.75) is 99.1 Å². The average molecular weight is 469 g/mol. The van der Waals surface area contributed by atoms with E-state index in [9.17, 15) is 4.79 Å². The van der Waals surface area contributed by atoms with Crippen LogP contribution in [0.5, 0.6) is 0 Å². The topological polar surface area (TPSA) is 44.8 Å². The zero-order valence-electron chi connectivity index (χ0n) is 21.6. The molecule has 0 spiro atoms. The Morgan fingerprint density at radius 2 is 1.40 bits per heavy atom. The third kappa shape index (κ3) is 8.32. The molecule has 4 nitrogen and oxygen atoms in total. The Morgan fingerprint density at radius 1 is 0.900 bits per heavy atom. The average Bonchev–Trinajstić information content (AvgIpc) is 2.72.